The quantitative estimate of drug-likeness (QED) is 0.826. The van der Waals surface area contributed by atoms with Crippen molar-refractivity contribution in [1.82, 2.24) is 9.78 Å². The molecular weight excluding hydrogens is 292 g/mol. The molecular formula is C11H11ClN2O4S. The summed E-state index contributed by atoms with van der Waals surface area (Å²) in [5.41, 5.74) is 0.580. The fraction of sp³-hybridized carbons (Fsp3) is 0.182. The third kappa shape index (κ3) is 2.58. The van der Waals surface area contributed by atoms with Crippen molar-refractivity contribution in [2.45, 2.75) is 18.7 Å². The van der Waals surface area contributed by atoms with Gasteiger partial charge >= 0.3 is 0 Å². The molecule has 1 heterocycles. The molecule has 6 nitrogen and oxygen atoms in total. The zero-order valence-electron chi connectivity index (χ0n) is 10.1. The minimum absolute atomic E-state index is 0.0174. The Morgan fingerprint density at radius 2 is 1.89 bits per heavy atom. The van der Waals surface area contributed by atoms with Crippen molar-refractivity contribution < 1.29 is 13.0 Å². The van der Waals surface area contributed by atoms with Gasteiger partial charge in [0.25, 0.3) is 15.7 Å². The molecule has 1 aromatic carbocycles. The van der Waals surface area contributed by atoms with Crippen LogP contribution in [0.5, 0.6) is 0 Å². The Kier molecular flexibility index (Phi) is 3.29. The third-order valence-electron chi connectivity index (χ3n) is 2.61. The van der Waals surface area contributed by atoms with Crippen LogP contribution < -0.4 is 5.56 Å². The van der Waals surface area contributed by atoms with Crippen LogP contribution in [0.4, 0.5) is 0 Å². The molecule has 2 rings (SSSR count). The fourth-order valence-electron chi connectivity index (χ4n) is 1.72. The molecule has 2 aromatic rings. The van der Waals surface area contributed by atoms with E-state index in [0.717, 1.165) is 4.68 Å². The average molecular weight is 303 g/mol. The SMILES string of the molecule is Cc1cc(=O)n(-c2cc(Cl)c(C)cc2S(=O)(=O)O)[nH]1. The van der Waals surface area contributed by atoms with E-state index >= 15 is 0 Å². The number of aromatic amines is 1. The third-order valence-corrected chi connectivity index (χ3v) is 3.90. The molecule has 0 saturated heterocycles. The maximum atomic E-state index is 11.7. The van der Waals surface area contributed by atoms with Crippen molar-refractivity contribution in [2.24, 2.45) is 0 Å². The maximum absolute atomic E-state index is 11.7. The number of nitrogens with one attached hydrogen (secondary N) is 1. The predicted octanol–water partition coefficient (Wildman–Crippen LogP) is 1.68. The summed E-state index contributed by atoms with van der Waals surface area (Å²) in [6, 6.07) is 3.84. The monoisotopic (exact) mass is 302 g/mol. The Labute approximate surface area is 114 Å². The minimum Gasteiger partial charge on any atom is -0.295 e. The Balaban J connectivity index is 2.87. The van der Waals surface area contributed by atoms with Crippen LogP contribution >= 0.6 is 11.6 Å². The second-order valence-electron chi connectivity index (χ2n) is 4.16. The van der Waals surface area contributed by atoms with Crippen LogP contribution in [0.1, 0.15) is 11.3 Å². The van der Waals surface area contributed by atoms with Gasteiger partial charge in [0.2, 0.25) is 0 Å². The van der Waals surface area contributed by atoms with Gasteiger partial charge in [0.05, 0.1) is 5.69 Å². The molecule has 0 aliphatic heterocycles. The maximum Gasteiger partial charge on any atom is 0.296 e. The van der Waals surface area contributed by atoms with Gasteiger partial charge < -0.3 is 0 Å². The van der Waals surface area contributed by atoms with Gasteiger partial charge in [0.1, 0.15) is 4.90 Å². The van der Waals surface area contributed by atoms with Gasteiger partial charge in [0.15, 0.2) is 0 Å². The predicted molar refractivity (Wildman–Crippen MR) is 70.7 cm³/mol. The zero-order valence-corrected chi connectivity index (χ0v) is 11.7. The lowest BCUT2D eigenvalue weighted by atomic mass is 10.2. The number of aromatic nitrogens is 2. The summed E-state index contributed by atoms with van der Waals surface area (Å²) in [6.45, 7) is 3.25. The van der Waals surface area contributed by atoms with Crippen molar-refractivity contribution in [3.63, 3.8) is 0 Å². The van der Waals surface area contributed by atoms with Crippen LogP contribution in [0.3, 0.4) is 0 Å². The van der Waals surface area contributed by atoms with Gasteiger partial charge in [-0.1, -0.05) is 11.6 Å². The van der Waals surface area contributed by atoms with E-state index in [4.69, 9.17) is 11.6 Å². The van der Waals surface area contributed by atoms with Crippen molar-refractivity contribution in [3.8, 4) is 5.69 Å². The second-order valence-corrected chi connectivity index (χ2v) is 5.95. The molecule has 0 saturated carbocycles. The molecule has 0 unspecified atom stereocenters. The van der Waals surface area contributed by atoms with Crippen LogP contribution in [-0.4, -0.2) is 22.8 Å². The first kappa shape index (κ1) is 13.9. The van der Waals surface area contributed by atoms with E-state index in [9.17, 15) is 17.8 Å². The highest BCUT2D eigenvalue weighted by Crippen LogP contribution is 2.26. The highest BCUT2D eigenvalue weighted by molar-refractivity contribution is 7.86. The molecule has 1 aromatic heterocycles. The van der Waals surface area contributed by atoms with Crippen LogP contribution in [0.25, 0.3) is 5.69 Å². The molecule has 2 N–H and O–H groups in total. The van der Waals surface area contributed by atoms with E-state index in [0.29, 0.717) is 16.3 Å². The van der Waals surface area contributed by atoms with Gasteiger partial charge in [-0.3, -0.25) is 14.4 Å². The number of H-pyrrole nitrogens is 1. The Morgan fingerprint density at radius 1 is 1.26 bits per heavy atom. The number of benzene rings is 1. The van der Waals surface area contributed by atoms with Gasteiger partial charge in [-0.05, 0) is 31.5 Å². The lowest BCUT2D eigenvalue weighted by Gasteiger charge is -2.10. The molecule has 0 bridgehead atoms. The van der Waals surface area contributed by atoms with E-state index in [2.05, 4.69) is 5.10 Å². The Hall–Kier alpha value is -1.57. The van der Waals surface area contributed by atoms with Crippen LogP contribution in [0.2, 0.25) is 5.02 Å². The summed E-state index contributed by atoms with van der Waals surface area (Å²) in [6.07, 6.45) is 0. The molecule has 0 aliphatic carbocycles. The summed E-state index contributed by atoms with van der Waals surface area (Å²) < 4.78 is 33.0. The van der Waals surface area contributed by atoms with E-state index in [1.807, 2.05) is 0 Å². The van der Waals surface area contributed by atoms with E-state index in [-0.39, 0.29) is 10.6 Å². The van der Waals surface area contributed by atoms with Gasteiger partial charge in [-0.2, -0.15) is 8.42 Å². The highest BCUT2D eigenvalue weighted by Gasteiger charge is 2.20. The van der Waals surface area contributed by atoms with Gasteiger partial charge in [-0.15, -0.1) is 0 Å². The molecule has 0 fully saturated rings. The van der Waals surface area contributed by atoms with Crippen molar-refractivity contribution in [2.75, 3.05) is 0 Å². The Bertz CT molecular complexity index is 805. The summed E-state index contributed by atoms with van der Waals surface area (Å²) >= 11 is 5.94. The topological polar surface area (TPSA) is 92.2 Å². The summed E-state index contributed by atoms with van der Waals surface area (Å²) in [5.74, 6) is 0. The lowest BCUT2D eigenvalue weighted by Crippen LogP contribution is -2.17. The minimum atomic E-state index is -4.47. The van der Waals surface area contributed by atoms with Crippen LogP contribution in [-0.2, 0) is 10.1 Å². The lowest BCUT2D eigenvalue weighted by molar-refractivity contribution is 0.482. The largest absolute Gasteiger partial charge is 0.296 e. The molecule has 0 aliphatic rings. The molecule has 0 radical (unpaired) electrons. The summed E-state index contributed by atoms with van der Waals surface area (Å²) in [4.78, 5) is 11.4. The van der Waals surface area contributed by atoms with Crippen LogP contribution in [0, 0.1) is 13.8 Å². The first-order chi connectivity index (χ1) is 8.70. The van der Waals surface area contributed by atoms with Crippen molar-refractivity contribution in [1.29, 1.82) is 0 Å². The standard InChI is InChI=1S/C11H11ClN2O4S/c1-6-3-10(19(16,17)18)9(5-8(6)12)14-11(15)4-7(2)13-14/h3-5,13H,1-2H3,(H,16,17,18). The normalized spacial score (nSPS) is 11.8. The highest BCUT2D eigenvalue weighted by atomic mass is 35.5. The number of hydrogen-bond donors (Lipinski definition) is 2. The number of halogens is 1. The first-order valence-corrected chi connectivity index (χ1v) is 7.08. The molecule has 19 heavy (non-hydrogen) atoms. The second kappa shape index (κ2) is 4.52. The van der Waals surface area contributed by atoms with Gasteiger partial charge in [0, 0.05) is 16.8 Å². The van der Waals surface area contributed by atoms with Crippen molar-refractivity contribution >= 4 is 21.7 Å². The summed E-state index contributed by atoms with van der Waals surface area (Å²) in [7, 11) is -4.47. The molecule has 102 valence electrons. The average Bonchev–Trinajstić information content (AvgIpc) is 2.59. The molecule has 8 heteroatoms. The number of hydrogen-bond acceptors (Lipinski definition) is 3. The van der Waals surface area contributed by atoms with Crippen molar-refractivity contribution in [3.05, 3.63) is 44.8 Å². The first-order valence-electron chi connectivity index (χ1n) is 5.27. The fourth-order valence-corrected chi connectivity index (χ4v) is 2.62. The van der Waals surface area contributed by atoms with E-state index in [1.165, 1.54) is 18.2 Å². The summed E-state index contributed by atoms with van der Waals surface area (Å²) in [5, 5.41) is 2.98. The van der Waals surface area contributed by atoms with E-state index < -0.39 is 15.7 Å². The van der Waals surface area contributed by atoms with E-state index in [1.54, 1.807) is 13.8 Å². The molecule has 0 spiro atoms. The van der Waals surface area contributed by atoms with Gasteiger partial charge in [-0.25, -0.2) is 4.68 Å². The number of aryl methyl sites for hydroxylation is 2. The smallest absolute Gasteiger partial charge is 0.295 e. The molecule has 0 amide bonds. The van der Waals surface area contributed by atoms with Crippen LogP contribution in [0.15, 0.2) is 27.9 Å². The molecule has 0 atom stereocenters. The number of rotatable bonds is 2. The number of nitrogens with zero attached hydrogens (tertiary/aromatic N) is 1. The zero-order chi connectivity index (χ0) is 14.4. The Morgan fingerprint density at radius 3 is 2.37 bits per heavy atom.